The number of halogens is 1. The van der Waals surface area contributed by atoms with Gasteiger partial charge in [0.1, 0.15) is 18.3 Å². The fourth-order valence-corrected chi connectivity index (χ4v) is 5.90. The van der Waals surface area contributed by atoms with Crippen LogP contribution in [0, 0.1) is 12.8 Å². The second kappa shape index (κ2) is 14.4. The molecule has 0 bridgehead atoms. The lowest BCUT2D eigenvalue weighted by Gasteiger charge is -2.33. The Balaban J connectivity index is 2.07. The minimum atomic E-state index is -4.16. The molecule has 0 saturated heterocycles. The molecular formula is C31H38ClN3O5S. The number of methoxy groups -OCH3 is 1. The molecule has 3 aromatic carbocycles. The predicted molar refractivity (Wildman–Crippen MR) is 163 cm³/mol. The average Bonchev–Trinajstić information content (AvgIpc) is 2.96. The number of anilines is 1. The summed E-state index contributed by atoms with van der Waals surface area (Å²) >= 11 is 6.38. The second-order valence-electron chi connectivity index (χ2n) is 10.2. The number of aryl methyl sites for hydroxylation is 1. The van der Waals surface area contributed by atoms with Gasteiger partial charge in [-0.1, -0.05) is 68.8 Å². The Morgan fingerprint density at radius 3 is 2.32 bits per heavy atom. The van der Waals surface area contributed by atoms with E-state index >= 15 is 0 Å². The summed E-state index contributed by atoms with van der Waals surface area (Å²) in [5.41, 5.74) is 1.76. The summed E-state index contributed by atoms with van der Waals surface area (Å²) in [6.07, 6.45) is 0.335. The monoisotopic (exact) mass is 599 g/mol. The lowest BCUT2D eigenvalue weighted by molar-refractivity contribution is -0.140. The molecule has 0 radical (unpaired) electrons. The Hall–Kier alpha value is -3.56. The summed E-state index contributed by atoms with van der Waals surface area (Å²) in [6, 6.07) is 19.2. The number of carbonyl (C=O) groups is 2. The van der Waals surface area contributed by atoms with Crippen LogP contribution in [0.5, 0.6) is 5.75 Å². The zero-order chi connectivity index (χ0) is 30.2. The first-order chi connectivity index (χ1) is 19.5. The van der Waals surface area contributed by atoms with Crippen molar-refractivity contribution >= 4 is 39.1 Å². The van der Waals surface area contributed by atoms with Gasteiger partial charge in [0.2, 0.25) is 11.8 Å². The lowest BCUT2D eigenvalue weighted by Crippen LogP contribution is -2.52. The van der Waals surface area contributed by atoms with E-state index in [2.05, 4.69) is 5.32 Å². The van der Waals surface area contributed by atoms with Crippen molar-refractivity contribution in [3.8, 4) is 5.75 Å². The van der Waals surface area contributed by atoms with E-state index in [1.54, 1.807) is 55.6 Å². The predicted octanol–water partition coefficient (Wildman–Crippen LogP) is 5.43. The van der Waals surface area contributed by atoms with E-state index in [1.165, 1.54) is 23.1 Å². The zero-order valence-corrected chi connectivity index (χ0v) is 25.7. The van der Waals surface area contributed by atoms with E-state index in [0.717, 1.165) is 15.4 Å². The number of carbonyl (C=O) groups excluding carboxylic acids is 2. The number of sulfonamides is 1. The minimum Gasteiger partial charge on any atom is -0.497 e. The topological polar surface area (TPSA) is 96.0 Å². The van der Waals surface area contributed by atoms with Crippen LogP contribution in [0.15, 0.2) is 77.7 Å². The van der Waals surface area contributed by atoms with Crippen LogP contribution in [-0.4, -0.2) is 51.4 Å². The van der Waals surface area contributed by atoms with Gasteiger partial charge < -0.3 is 15.0 Å². The number of benzene rings is 3. The molecule has 0 unspecified atom stereocenters. The van der Waals surface area contributed by atoms with E-state index in [9.17, 15) is 18.0 Å². The Bertz CT molecular complexity index is 1450. The number of rotatable bonds is 13. The third-order valence-corrected chi connectivity index (χ3v) is 8.81. The molecule has 0 aliphatic carbocycles. The first-order valence-corrected chi connectivity index (χ1v) is 15.3. The van der Waals surface area contributed by atoms with Crippen LogP contribution < -0.4 is 14.4 Å². The van der Waals surface area contributed by atoms with Crippen LogP contribution >= 0.6 is 11.6 Å². The van der Waals surface area contributed by atoms with Crippen LogP contribution in [0.1, 0.15) is 38.3 Å². The molecule has 0 aliphatic heterocycles. The van der Waals surface area contributed by atoms with Gasteiger partial charge in [-0.15, -0.1) is 0 Å². The van der Waals surface area contributed by atoms with Gasteiger partial charge in [0.05, 0.1) is 17.7 Å². The average molecular weight is 600 g/mol. The molecule has 10 heteroatoms. The summed E-state index contributed by atoms with van der Waals surface area (Å²) in [5, 5.41) is 3.30. The quantitative estimate of drug-likeness (QED) is 0.283. The van der Waals surface area contributed by atoms with E-state index in [0.29, 0.717) is 23.7 Å². The Labute approximate surface area is 248 Å². The maximum Gasteiger partial charge on any atom is 0.264 e. The van der Waals surface area contributed by atoms with Crippen LogP contribution in [-0.2, 0) is 26.2 Å². The van der Waals surface area contributed by atoms with Crippen LogP contribution in [0.25, 0.3) is 0 Å². The van der Waals surface area contributed by atoms with Gasteiger partial charge in [-0.3, -0.25) is 13.9 Å². The molecule has 0 fully saturated rings. The first kappa shape index (κ1) is 32.0. The number of nitrogens with zero attached hydrogens (tertiary/aromatic N) is 2. The maximum absolute atomic E-state index is 14.1. The number of amides is 2. The van der Waals surface area contributed by atoms with Gasteiger partial charge in [-0.2, -0.15) is 0 Å². The van der Waals surface area contributed by atoms with Gasteiger partial charge in [-0.05, 0) is 66.8 Å². The number of hydrogen-bond acceptors (Lipinski definition) is 5. The second-order valence-corrected chi connectivity index (χ2v) is 12.5. The molecule has 3 aromatic rings. The fraction of sp³-hybridized carbons (Fsp3) is 0.355. The van der Waals surface area contributed by atoms with Crippen molar-refractivity contribution in [2.24, 2.45) is 5.92 Å². The Morgan fingerprint density at radius 2 is 1.71 bits per heavy atom. The summed E-state index contributed by atoms with van der Waals surface area (Å²) in [6.45, 7) is 7.60. The molecule has 8 nitrogen and oxygen atoms in total. The van der Waals surface area contributed by atoms with Crippen molar-refractivity contribution in [3.63, 3.8) is 0 Å². The minimum absolute atomic E-state index is 0.0329. The zero-order valence-electron chi connectivity index (χ0n) is 24.1. The highest BCUT2D eigenvalue weighted by Crippen LogP contribution is 2.29. The Morgan fingerprint density at radius 1 is 1.00 bits per heavy atom. The molecule has 1 atom stereocenters. The molecule has 1 N–H and O–H groups in total. The van der Waals surface area contributed by atoms with E-state index in [4.69, 9.17) is 16.3 Å². The summed E-state index contributed by atoms with van der Waals surface area (Å²) in [5.74, 6) is -0.00423. The standard InChI is InChI=1S/C31H38ClN3O5S/c1-6-29(31(37)33-19-22(2)3)34(20-24-11-10-12-26(17-24)40-5)30(36)21-35(25-16-15-23(4)28(32)18-25)41(38,39)27-13-8-7-9-14-27/h7-18,22,29H,6,19-21H2,1-5H3,(H,33,37)/t29-/m1/s1. The highest BCUT2D eigenvalue weighted by Gasteiger charge is 2.33. The van der Waals surface area contributed by atoms with Crippen molar-refractivity contribution in [1.82, 2.24) is 10.2 Å². The van der Waals surface area contributed by atoms with E-state index < -0.39 is 28.5 Å². The van der Waals surface area contributed by atoms with Gasteiger partial charge in [0.15, 0.2) is 0 Å². The molecule has 3 rings (SSSR count). The van der Waals surface area contributed by atoms with Gasteiger partial charge in [0.25, 0.3) is 10.0 Å². The molecule has 0 saturated carbocycles. The molecule has 220 valence electrons. The normalized spacial score (nSPS) is 12.1. The highest BCUT2D eigenvalue weighted by atomic mass is 35.5. The van der Waals surface area contributed by atoms with Gasteiger partial charge >= 0.3 is 0 Å². The number of hydrogen-bond donors (Lipinski definition) is 1. The Kier molecular flexibility index (Phi) is 11.2. The largest absolute Gasteiger partial charge is 0.497 e. The van der Waals surface area contributed by atoms with E-state index in [-0.39, 0.29) is 29.0 Å². The van der Waals surface area contributed by atoms with Gasteiger partial charge in [-0.25, -0.2) is 8.42 Å². The first-order valence-electron chi connectivity index (χ1n) is 13.5. The third kappa shape index (κ3) is 8.24. The van der Waals surface area contributed by atoms with Gasteiger partial charge in [0, 0.05) is 18.1 Å². The van der Waals surface area contributed by atoms with Crippen molar-refractivity contribution in [2.45, 2.75) is 51.6 Å². The maximum atomic E-state index is 14.1. The van der Waals surface area contributed by atoms with Crippen molar-refractivity contribution in [2.75, 3.05) is 24.5 Å². The lowest BCUT2D eigenvalue weighted by atomic mass is 10.1. The number of nitrogens with one attached hydrogen (secondary N) is 1. The molecule has 0 aliphatic rings. The summed E-state index contributed by atoms with van der Waals surface area (Å²) < 4.78 is 34.2. The van der Waals surface area contributed by atoms with Crippen molar-refractivity contribution in [1.29, 1.82) is 0 Å². The van der Waals surface area contributed by atoms with Crippen LogP contribution in [0.2, 0.25) is 5.02 Å². The molecule has 0 heterocycles. The highest BCUT2D eigenvalue weighted by molar-refractivity contribution is 7.92. The van der Waals surface area contributed by atoms with Crippen LogP contribution in [0.4, 0.5) is 5.69 Å². The third-order valence-electron chi connectivity index (χ3n) is 6.61. The van der Waals surface area contributed by atoms with Crippen LogP contribution in [0.3, 0.4) is 0 Å². The number of ether oxygens (including phenoxy) is 1. The molecule has 2 amide bonds. The molecule has 0 aromatic heterocycles. The van der Waals surface area contributed by atoms with Crippen molar-refractivity contribution in [3.05, 3.63) is 88.9 Å². The van der Waals surface area contributed by atoms with E-state index in [1.807, 2.05) is 33.8 Å². The SMILES string of the molecule is CC[C@H](C(=O)NCC(C)C)N(Cc1cccc(OC)c1)C(=O)CN(c1ccc(C)c(Cl)c1)S(=O)(=O)c1ccccc1. The summed E-state index contributed by atoms with van der Waals surface area (Å²) in [4.78, 5) is 28.9. The summed E-state index contributed by atoms with van der Waals surface area (Å²) in [7, 11) is -2.61. The molecular weight excluding hydrogens is 562 g/mol. The fourth-order valence-electron chi connectivity index (χ4n) is 4.29. The molecule has 41 heavy (non-hydrogen) atoms. The molecule has 0 spiro atoms. The van der Waals surface area contributed by atoms with Crippen molar-refractivity contribution < 1.29 is 22.7 Å². The smallest absolute Gasteiger partial charge is 0.264 e.